The van der Waals surface area contributed by atoms with E-state index < -0.39 is 0 Å². The topological polar surface area (TPSA) is 12.0 Å². The lowest BCUT2D eigenvalue weighted by Gasteiger charge is -2.24. The minimum absolute atomic E-state index is 0.774. The van der Waals surface area contributed by atoms with Gasteiger partial charge in [-0.15, -0.1) is 0 Å². The van der Waals surface area contributed by atoms with Crippen molar-refractivity contribution in [3.8, 4) is 0 Å². The molecule has 0 spiro atoms. The molecule has 1 rings (SSSR count). The van der Waals surface area contributed by atoms with Crippen molar-refractivity contribution >= 4 is 0 Å². The van der Waals surface area contributed by atoms with Crippen LogP contribution in [0.1, 0.15) is 52.9 Å². The van der Waals surface area contributed by atoms with Gasteiger partial charge in [0.15, 0.2) is 0 Å². The molecule has 1 aliphatic rings. The highest BCUT2D eigenvalue weighted by Crippen LogP contribution is 2.36. The van der Waals surface area contributed by atoms with E-state index in [1.165, 1.54) is 32.1 Å². The second kappa shape index (κ2) is 5.64. The maximum Gasteiger partial charge on any atom is 0.00925 e. The van der Waals surface area contributed by atoms with Gasteiger partial charge in [-0.3, -0.25) is 0 Å². The molecule has 0 aromatic heterocycles. The van der Waals surface area contributed by atoms with Gasteiger partial charge in [0.1, 0.15) is 0 Å². The molecule has 1 fully saturated rings. The van der Waals surface area contributed by atoms with Crippen LogP contribution < -0.4 is 5.32 Å². The first kappa shape index (κ1) is 11.0. The fraction of sp³-hybridized carbons (Fsp3) is 1.00. The van der Waals surface area contributed by atoms with E-state index in [1.807, 2.05) is 0 Å². The van der Waals surface area contributed by atoms with Gasteiger partial charge >= 0.3 is 0 Å². The average Bonchev–Trinajstić information content (AvgIpc) is 2.88. The summed E-state index contributed by atoms with van der Waals surface area (Å²) in [5.74, 6) is 1.96. The Morgan fingerprint density at radius 2 is 2.00 bits per heavy atom. The van der Waals surface area contributed by atoms with Crippen molar-refractivity contribution in [3.63, 3.8) is 0 Å². The molecule has 0 aliphatic heterocycles. The van der Waals surface area contributed by atoms with Gasteiger partial charge in [-0.25, -0.2) is 0 Å². The van der Waals surface area contributed by atoms with E-state index >= 15 is 0 Å². The Morgan fingerprint density at radius 3 is 2.46 bits per heavy atom. The Morgan fingerprint density at radius 1 is 1.31 bits per heavy atom. The molecule has 1 aliphatic carbocycles. The SMILES string of the molecule is CCCC(NCC)C(C)CC1CC1. The molecule has 0 radical (unpaired) electrons. The highest BCUT2D eigenvalue weighted by molar-refractivity contribution is 4.80. The zero-order chi connectivity index (χ0) is 9.68. The minimum Gasteiger partial charge on any atom is -0.314 e. The van der Waals surface area contributed by atoms with Gasteiger partial charge < -0.3 is 5.32 Å². The molecule has 2 atom stereocenters. The number of hydrogen-bond acceptors (Lipinski definition) is 1. The van der Waals surface area contributed by atoms with Crippen molar-refractivity contribution in [1.82, 2.24) is 5.32 Å². The van der Waals surface area contributed by atoms with Crippen molar-refractivity contribution in [2.45, 2.75) is 58.9 Å². The van der Waals surface area contributed by atoms with Crippen molar-refractivity contribution < 1.29 is 0 Å². The highest BCUT2D eigenvalue weighted by atomic mass is 14.9. The summed E-state index contributed by atoms with van der Waals surface area (Å²) in [7, 11) is 0. The largest absolute Gasteiger partial charge is 0.314 e. The summed E-state index contributed by atoms with van der Waals surface area (Å²) in [6.45, 7) is 8.04. The van der Waals surface area contributed by atoms with Crippen LogP contribution in [-0.2, 0) is 0 Å². The van der Waals surface area contributed by atoms with Crippen molar-refractivity contribution in [1.29, 1.82) is 0 Å². The lowest BCUT2D eigenvalue weighted by molar-refractivity contribution is 0.330. The van der Waals surface area contributed by atoms with Crippen LogP contribution in [-0.4, -0.2) is 12.6 Å². The number of hydrogen-bond donors (Lipinski definition) is 1. The van der Waals surface area contributed by atoms with E-state index in [2.05, 4.69) is 26.1 Å². The number of rotatable bonds is 7. The molecule has 78 valence electrons. The normalized spacial score (nSPS) is 21.5. The molecule has 1 heteroatoms. The molecule has 0 amide bonds. The summed E-state index contributed by atoms with van der Waals surface area (Å²) >= 11 is 0. The van der Waals surface area contributed by atoms with Crippen LogP contribution in [0.5, 0.6) is 0 Å². The third kappa shape index (κ3) is 4.12. The Hall–Kier alpha value is -0.0400. The average molecular weight is 183 g/mol. The van der Waals surface area contributed by atoms with Gasteiger partial charge in [0.25, 0.3) is 0 Å². The molecule has 0 aromatic carbocycles. The second-order valence-corrected chi connectivity index (χ2v) is 4.61. The molecule has 1 nitrogen and oxygen atoms in total. The van der Waals surface area contributed by atoms with E-state index in [1.54, 1.807) is 0 Å². The Labute approximate surface area is 83.3 Å². The smallest absolute Gasteiger partial charge is 0.00925 e. The summed E-state index contributed by atoms with van der Waals surface area (Å²) in [6, 6.07) is 0.774. The fourth-order valence-electron chi connectivity index (χ4n) is 2.20. The van der Waals surface area contributed by atoms with Crippen LogP contribution in [0.4, 0.5) is 0 Å². The molecular formula is C12H25N. The first-order valence-electron chi connectivity index (χ1n) is 6.01. The Kier molecular flexibility index (Phi) is 4.79. The van der Waals surface area contributed by atoms with E-state index in [0.717, 1.165) is 24.4 Å². The summed E-state index contributed by atoms with van der Waals surface area (Å²) in [6.07, 6.45) is 7.11. The monoisotopic (exact) mass is 183 g/mol. The van der Waals surface area contributed by atoms with E-state index in [9.17, 15) is 0 Å². The lowest BCUT2D eigenvalue weighted by atomic mass is 9.92. The molecule has 0 bridgehead atoms. The predicted molar refractivity (Wildman–Crippen MR) is 58.9 cm³/mol. The van der Waals surface area contributed by atoms with E-state index in [-0.39, 0.29) is 0 Å². The van der Waals surface area contributed by atoms with Crippen LogP contribution in [0.25, 0.3) is 0 Å². The first-order valence-corrected chi connectivity index (χ1v) is 6.01. The van der Waals surface area contributed by atoms with Gasteiger partial charge in [0.05, 0.1) is 0 Å². The van der Waals surface area contributed by atoms with Gasteiger partial charge in [0, 0.05) is 6.04 Å². The van der Waals surface area contributed by atoms with Gasteiger partial charge in [-0.1, -0.05) is 40.0 Å². The van der Waals surface area contributed by atoms with Crippen LogP contribution >= 0.6 is 0 Å². The second-order valence-electron chi connectivity index (χ2n) is 4.61. The molecular weight excluding hydrogens is 158 g/mol. The number of nitrogens with one attached hydrogen (secondary N) is 1. The highest BCUT2D eigenvalue weighted by Gasteiger charge is 2.26. The maximum atomic E-state index is 3.62. The predicted octanol–water partition coefficient (Wildman–Crippen LogP) is 3.20. The Bertz CT molecular complexity index is 123. The van der Waals surface area contributed by atoms with E-state index in [4.69, 9.17) is 0 Å². The molecule has 0 aromatic rings. The van der Waals surface area contributed by atoms with E-state index in [0.29, 0.717) is 0 Å². The molecule has 1 N–H and O–H groups in total. The summed E-state index contributed by atoms with van der Waals surface area (Å²) in [4.78, 5) is 0. The summed E-state index contributed by atoms with van der Waals surface area (Å²) in [5, 5.41) is 3.62. The third-order valence-electron chi connectivity index (χ3n) is 3.15. The quantitative estimate of drug-likeness (QED) is 0.639. The molecule has 0 saturated heterocycles. The van der Waals surface area contributed by atoms with Gasteiger partial charge in [-0.05, 0) is 31.2 Å². The third-order valence-corrected chi connectivity index (χ3v) is 3.15. The van der Waals surface area contributed by atoms with Crippen LogP contribution in [0.3, 0.4) is 0 Å². The molecule has 13 heavy (non-hydrogen) atoms. The van der Waals surface area contributed by atoms with Crippen LogP contribution in [0.2, 0.25) is 0 Å². The zero-order valence-electron chi connectivity index (χ0n) is 9.47. The van der Waals surface area contributed by atoms with Crippen molar-refractivity contribution in [2.24, 2.45) is 11.8 Å². The molecule has 2 unspecified atom stereocenters. The minimum atomic E-state index is 0.774. The van der Waals surface area contributed by atoms with Crippen molar-refractivity contribution in [2.75, 3.05) is 6.54 Å². The van der Waals surface area contributed by atoms with Crippen molar-refractivity contribution in [3.05, 3.63) is 0 Å². The summed E-state index contributed by atoms with van der Waals surface area (Å²) in [5.41, 5.74) is 0. The maximum absolute atomic E-state index is 3.62. The Balaban J connectivity index is 2.22. The van der Waals surface area contributed by atoms with Crippen LogP contribution in [0, 0.1) is 11.8 Å². The molecule has 0 heterocycles. The van der Waals surface area contributed by atoms with Gasteiger partial charge in [0.2, 0.25) is 0 Å². The van der Waals surface area contributed by atoms with Gasteiger partial charge in [-0.2, -0.15) is 0 Å². The van der Waals surface area contributed by atoms with Crippen LogP contribution in [0.15, 0.2) is 0 Å². The fourth-order valence-corrected chi connectivity index (χ4v) is 2.20. The zero-order valence-corrected chi connectivity index (χ0v) is 9.47. The first-order chi connectivity index (χ1) is 6.27. The molecule has 1 saturated carbocycles. The standard InChI is InChI=1S/C12H25N/c1-4-6-12(13-5-2)10(3)9-11-7-8-11/h10-13H,4-9H2,1-3H3. The summed E-state index contributed by atoms with van der Waals surface area (Å²) < 4.78 is 0. The lowest BCUT2D eigenvalue weighted by Crippen LogP contribution is -2.34.